The summed E-state index contributed by atoms with van der Waals surface area (Å²) in [6, 6.07) is 5.72. The minimum atomic E-state index is 0.586. The van der Waals surface area contributed by atoms with Crippen LogP contribution in [0.25, 0.3) is 0 Å². The molecule has 4 heteroatoms. The molecule has 1 aromatic heterocycles. The highest BCUT2D eigenvalue weighted by Gasteiger charge is 1.96. The van der Waals surface area contributed by atoms with Crippen LogP contribution in [-0.2, 0) is 9.56 Å². The van der Waals surface area contributed by atoms with E-state index >= 15 is 0 Å². The predicted octanol–water partition coefficient (Wildman–Crippen LogP) is 1.62. The Morgan fingerprint density at radius 1 is 1.18 bits per heavy atom. The number of pyridine rings is 1. The van der Waals surface area contributed by atoms with Crippen LogP contribution in [-0.4, -0.2) is 17.8 Å². The monoisotopic (exact) mass is 171 g/mol. The molecule has 0 bridgehead atoms. The van der Waals surface area contributed by atoms with Crippen molar-refractivity contribution in [2.24, 2.45) is 0 Å². The molecule has 3 nitrogen and oxygen atoms in total. The van der Waals surface area contributed by atoms with Gasteiger partial charge < -0.3 is 0 Å². The number of rotatable bonds is 0. The van der Waals surface area contributed by atoms with Gasteiger partial charge in [-0.05, 0) is 12.1 Å². The zero-order valence-corrected chi connectivity index (χ0v) is 7.06. The molecule has 0 aliphatic carbocycles. The standard InChI is InChI=1S/C5H5N.C2H5O2P/c1-2-4-6-5-3-1;1-2-5-4-3-1/h1-5H;5H,1-2H2. The van der Waals surface area contributed by atoms with Gasteiger partial charge in [0, 0.05) is 18.6 Å². The van der Waals surface area contributed by atoms with Gasteiger partial charge in [0.15, 0.2) is 0 Å². The van der Waals surface area contributed by atoms with Crippen LogP contribution in [0, 0.1) is 0 Å². The fraction of sp³-hybridized carbons (Fsp3) is 0.286. The first-order valence-electron chi connectivity index (χ1n) is 3.36. The summed E-state index contributed by atoms with van der Waals surface area (Å²) in [6.45, 7) is 0.790. The van der Waals surface area contributed by atoms with Gasteiger partial charge in [0.05, 0.1) is 15.4 Å². The lowest BCUT2D eigenvalue weighted by Crippen LogP contribution is -1.76. The zero-order valence-electron chi connectivity index (χ0n) is 6.06. The van der Waals surface area contributed by atoms with Crippen LogP contribution in [0.2, 0.25) is 0 Å². The van der Waals surface area contributed by atoms with Crippen molar-refractivity contribution in [2.45, 2.75) is 0 Å². The molecule has 0 radical (unpaired) electrons. The summed E-state index contributed by atoms with van der Waals surface area (Å²) in [4.78, 5) is 8.24. The summed E-state index contributed by atoms with van der Waals surface area (Å²) in [5, 5.41) is 0. The number of hydrogen-bond donors (Lipinski definition) is 0. The van der Waals surface area contributed by atoms with Crippen molar-refractivity contribution < 1.29 is 9.56 Å². The minimum Gasteiger partial charge on any atom is -0.265 e. The van der Waals surface area contributed by atoms with Crippen LogP contribution in [0.5, 0.6) is 0 Å². The van der Waals surface area contributed by atoms with Crippen LogP contribution >= 0.6 is 8.81 Å². The Kier molecular flexibility index (Phi) is 4.86. The van der Waals surface area contributed by atoms with Crippen molar-refractivity contribution in [1.82, 2.24) is 4.98 Å². The molecule has 0 saturated carbocycles. The highest BCUT2D eigenvalue weighted by molar-refractivity contribution is 7.32. The summed E-state index contributed by atoms with van der Waals surface area (Å²) in [5.41, 5.74) is 0. The van der Waals surface area contributed by atoms with Gasteiger partial charge in [-0.3, -0.25) is 4.98 Å². The molecule has 0 amide bonds. The minimum absolute atomic E-state index is 0.586. The normalized spacial score (nSPS) is 17.5. The first kappa shape index (κ1) is 8.60. The van der Waals surface area contributed by atoms with Crippen LogP contribution in [0.15, 0.2) is 30.6 Å². The molecule has 1 aliphatic rings. The van der Waals surface area contributed by atoms with Gasteiger partial charge in [-0.15, -0.1) is 0 Å². The molecule has 2 heterocycles. The fourth-order valence-corrected chi connectivity index (χ4v) is 0.938. The van der Waals surface area contributed by atoms with Gasteiger partial charge in [-0.1, -0.05) is 6.07 Å². The van der Waals surface area contributed by atoms with E-state index in [1.54, 1.807) is 12.4 Å². The highest BCUT2D eigenvalue weighted by Crippen LogP contribution is 2.17. The first-order valence-corrected chi connectivity index (χ1v) is 4.48. The molecule has 0 aromatic carbocycles. The van der Waals surface area contributed by atoms with Gasteiger partial charge in [-0.25, -0.2) is 9.56 Å². The van der Waals surface area contributed by atoms with Crippen molar-refractivity contribution >= 4 is 8.81 Å². The van der Waals surface area contributed by atoms with E-state index in [4.69, 9.17) is 0 Å². The molecule has 1 atom stereocenters. The van der Waals surface area contributed by atoms with Crippen LogP contribution in [0.4, 0.5) is 0 Å². The molecule has 1 fully saturated rings. The number of aromatic nitrogens is 1. The smallest absolute Gasteiger partial charge is 0.0884 e. The molecule has 0 spiro atoms. The van der Waals surface area contributed by atoms with Crippen molar-refractivity contribution in [3.05, 3.63) is 30.6 Å². The molecular weight excluding hydrogens is 161 g/mol. The third-order valence-electron chi connectivity index (χ3n) is 0.972. The van der Waals surface area contributed by atoms with Crippen LogP contribution < -0.4 is 0 Å². The van der Waals surface area contributed by atoms with Crippen molar-refractivity contribution in [2.75, 3.05) is 12.8 Å². The summed E-state index contributed by atoms with van der Waals surface area (Å²) >= 11 is 0. The van der Waals surface area contributed by atoms with Gasteiger partial charge in [-0.2, -0.15) is 0 Å². The summed E-state index contributed by atoms with van der Waals surface area (Å²) in [6.07, 6.45) is 4.58. The second-order valence-electron chi connectivity index (χ2n) is 1.82. The molecule has 1 unspecified atom stereocenters. The Balaban J connectivity index is 0.000000112. The van der Waals surface area contributed by atoms with E-state index < -0.39 is 0 Å². The Morgan fingerprint density at radius 3 is 2.18 bits per heavy atom. The Bertz CT molecular complexity index is 133. The van der Waals surface area contributed by atoms with Gasteiger partial charge in [0.2, 0.25) is 0 Å². The zero-order chi connectivity index (χ0) is 7.78. The molecular formula is C7H10NO2P. The lowest BCUT2D eigenvalue weighted by atomic mass is 10.5. The molecule has 1 aliphatic heterocycles. The van der Waals surface area contributed by atoms with Crippen molar-refractivity contribution in [3.63, 3.8) is 0 Å². The second kappa shape index (κ2) is 6.23. The first-order chi connectivity index (χ1) is 5.50. The van der Waals surface area contributed by atoms with E-state index in [-0.39, 0.29) is 0 Å². The summed E-state index contributed by atoms with van der Waals surface area (Å²) in [7, 11) is 0.586. The maximum atomic E-state index is 4.47. The van der Waals surface area contributed by atoms with Crippen molar-refractivity contribution in [1.29, 1.82) is 0 Å². The predicted molar refractivity (Wildman–Crippen MR) is 44.5 cm³/mol. The topological polar surface area (TPSA) is 31.4 Å². The number of hydrogen-bond acceptors (Lipinski definition) is 3. The largest absolute Gasteiger partial charge is 0.265 e. The third-order valence-corrected chi connectivity index (χ3v) is 1.62. The highest BCUT2D eigenvalue weighted by atomic mass is 31.1. The molecule has 1 aromatic rings. The summed E-state index contributed by atoms with van der Waals surface area (Å²) in [5.74, 6) is 0. The molecule has 1 saturated heterocycles. The maximum Gasteiger partial charge on any atom is 0.0884 e. The van der Waals surface area contributed by atoms with Gasteiger partial charge >= 0.3 is 0 Å². The Labute approximate surface area is 67.5 Å². The Hall–Kier alpha value is -0.500. The number of nitrogens with zero attached hydrogens (tertiary/aromatic N) is 1. The average Bonchev–Trinajstić information content (AvgIpc) is 2.64. The van der Waals surface area contributed by atoms with E-state index in [1.807, 2.05) is 18.2 Å². The van der Waals surface area contributed by atoms with Crippen LogP contribution in [0.3, 0.4) is 0 Å². The van der Waals surface area contributed by atoms with E-state index in [2.05, 4.69) is 14.5 Å². The van der Waals surface area contributed by atoms with Crippen molar-refractivity contribution in [3.8, 4) is 0 Å². The third kappa shape index (κ3) is 4.85. The SMILES string of the molecule is C1CPOO1.c1ccncc1. The van der Waals surface area contributed by atoms with E-state index in [0.29, 0.717) is 8.81 Å². The lowest BCUT2D eigenvalue weighted by molar-refractivity contribution is -0.172. The maximum absolute atomic E-state index is 4.47. The molecule has 0 N–H and O–H groups in total. The van der Waals surface area contributed by atoms with Gasteiger partial charge in [0.25, 0.3) is 0 Å². The summed E-state index contributed by atoms with van der Waals surface area (Å²) < 4.78 is 4.47. The molecule has 2 rings (SSSR count). The average molecular weight is 171 g/mol. The van der Waals surface area contributed by atoms with Gasteiger partial charge in [0.1, 0.15) is 0 Å². The van der Waals surface area contributed by atoms with E-state index in [0.717, 1.165) is 12.8 Å². The van der Waals surface area contributed by atoms with E-state index in [1.165, 1.54) is 0 Å². The molecule has 11 heavy (non-hydrogen) atoms. The van der Waals surface area contributed by atoms with Crippen LogP contribution in [0.1, 0.15) is 0 Å². The lowest BCUT2D eigenvalue weighted by Gasteiger charge is -1.77. The van der Waals surface area contributed by atoms with E-state index in [9.17, 15) is 0 Å². The Morgan fingerprint density at radius 2 is 2.00 bits per heavy atom. The fourth-order valence-electron chi connectivity index (χ4n) is 0.521. The molecule has 60 valence electrons. The quantitative estimate of drug-likeness (QED) is 0.439. The second-order valence-corrected chi connectivity index (χ2v) is 2.78.